The molecule has 0 saturated carbocycles. The average Bonchev–Trinajstić information content (AvgIpc) is 3.23. The molecule has 0 bridgehead atoms. The van der Waals surface area contributed by atoms with Crippen molar-refractivity contribution in [3.8, 4) is 11.3 Å². The number of benzene rings is 1. The lowest BCUT2D eigenvalue weighted by Crippen LogP contribution is -2.45. The van der Waals surface area contributed by atoms with E-state index >= 15 is 0 Å². The van der Waals surface area contributed by atoms with Gasteiger partial charge in [0.25, 0.3) is 0 Å². The van der Waals surface area contributed by atoms with Crippen LogP contribution in [0.1, 0.15) is 38.2 Å². The van der Waals surface area contributed by atoms with Crippen LogP contribution in [0.5, 0.6) is 0 Å². The van der Waals surface area contributed by atoms with E-state index < -0.39 is 10.0 Å². The number of hydrogen-bond acceptors (Lipinski definition) is 7. The van der Waals surface area contributed by atoms with Gasteiger partial charge >= 0.3 is 0 Å². The summed E-state index contributed by atoms with van der Waals surface area (Å²) in [5.74, 6) is 0.191. The van der Waals surface area contributed by atoms with E-state index in [9.17, 15) is 18.0 Å². The number of nitrogens with two attached hydrogens (primary N) is 1. The van der Waals surface area contributed by atoms with E-state index in [0.29, 0.717) is 56.1 Å². The molecule has 1 atom stereocenters. The fraction of sp³-hybridized carbons (Fsp3) is 0.458. The van der Waals surface area contributed by atoms with E-state index in [2.05, 4.69) is 30.6 Å². The Morgan fingerprint density at radius 2 is 2.03 bits per heavy atom. The van der Waals surface area contributed by atoms with Crippen LogP contribution in [0.15, 0.2) is 40.2 Å². The molecular formula is C24H35N7O4S. The lowest BCUT2D eigenvalue weighted by atomic mass is 10.1. The Morgan fingerprint density at radius 1 is 1.25 bits per heavy atom. The van der Waals surface area contributed by atoms with Crippen LogP contribution in [0.2, 0.25) is 0 Å². The first kappa shape index (κ1) is 27.5. The van der Waals surface area contributed by atoms with Gasteiger partial charge in [0, 0.05) is 63.0 Å². The van der Waals surface area contributed by atoms with Crippen LogP contribution in [0.4, 0.5) is 5.82 Å². The number of aromatic amines is 1. The van der Waals surface area contributed by atoms with Crippen molar-refractivity contribution < 1.29 is 18.0 Å². The lowest BCUT2D eigenvalue weighted by molar-refractivity contribution is -0.120. The molecule has 2 amide bonds. The highest BCUT2D eigenvalue weighted by Gasteiger charge is 2.21. The number of aliphatic imine (C=N–C) groups is 1. The molecule has 1 aromatic carbocycles. The fourth-order valence-electron chi connectivity index (χ4n) is 3.84. The summed E-state index contributed by atoms with van der Waals surface area (Å²) in [6.07, 6.45) is 4.38. The van der Waals surface area contributed by atoms with Crippen LogP contribution in [-0.2, 0) is 19.6 Å². The number of carbonyl (C=O) groups is 2. The van der Waals surface area contributed by atoms with Crippen LogP contribution in [-0.4, -0.2) is 70.2 Å². The Hall–Kier alpha value is -3.06. The number of sulfonamides is 1. The number of carbonyl (C=O) groups excluding carboxylic acids is 2. The smallest absolute Gasteiger partial charge is 0.240 e. The summed E-state index contributed by atoms with van der Waals surface area (Å²) in [4.78, 5) is 30.9. The molecule has 36 heavy (non-hydrogen) atoms. The van der Waals surface area contributed by atoms with Gasteiger partial charge in [0.1, 0.15) is 5.82 Å². The summed E-state index contributed by atoms with van der Waals surface area (Å²) < 4.78 is 28.3. The molecule has 0 unspecified atom stereocenters. The van der Waals surface area contributed by atoms with Crippen molar-refractivity contribution in [3.05, 3.63) is 35.9 Å². The van der Waals surface area contributed by atoms with Crippen molar-refractivity contribution in [2.45, 2.75) is 43.5 Å². The van der Waals surface area contributed by atoms with Crippen molar-refractivity contribution in [1.29, 1.82) is 0 Å². The number of piperidine rings is 1. The Balaban J connectivity index is 1.66. The van der Waals surface area contributed by atoms with Crippen LogP contribution in [0.25, 0.3) is 11.3 Å². The molecule has 3 rings (SSSR count). The van der Waals surface area contributed by atoms with Crippen molar-refractivity contribution in [1.82, 2.24) is 20.3 Å². The van der Waals surface area contributed by atoms with E-state index in [4.69, 9.17) is 5.73 Å². The number of nitrogens with one attached hydrogen (secondary N) is 5. The second-order valence-corrected chi connectivity index (χ2v) is 10.4. The van der Waals surface area contributed by atoms with E-state index in [1.54, 1.807) is 30.5 Å². The monoisotopic (exact) mass is 517 g/mol. The van der Waals surface area contributed by atoms with Gasteiger partial charge in [0.05, 0.1) is 4.90 Å². The zero-order valence-corrected chi connectivity index (χ0v) is 21.3. The number of nitrogens with zero attached hydrogens (tertiary/aromatic N) is 1. The maximum Gasteiger partial charge on any atom is 0.240 e. The van der Waals surface area contributed by atoms with Crippen LogP contribution in [0.3, 0.4) is 0 Å². The van der Waals surface area contributed by atoms with Gasteiger partial charge in [-0.25, -0.2) is 13.1 Å². The van der Waals surface area contributed by atoms with Gasteiger partial charge in [-0.3, -0.25) is 14.6 Å². The summed E-state index contributed by atoms with van der Waals surface area (Å²) in [6.45, 7) is 4.27. The van der Waals surface area contributed by atoms with Gasteiger partial charge in [0.2, 0.25) is 21.8 Å². The Bertz CT molecular complexity index is 1150. The van der Waals surface area contributed by atoms with Gasteiger partial charge in [-0.15, -0.1) is 0 Å². The molecule has 11 nitrogen and oxygen atoms in total. The average molecular weight is 518 g/mol. The minimum absolute atomic E-state index is 0.0784. The summed E-state index contributed by atoms with van der Waals surface area (Å²) in [5, 5.41) is 8.74. The van der Waals surface area contributed by atoms with Crippen molar-refractivity contribution in [2.24, 2.45) is 10.7 Å². The summed E-state index contributed by atoms with van der Waals surface area (Å²) in [7, 11) is -3.62. The molecule has 0 aliphatic carbocycles. The van der Waals surface area contributed by atoms with Gasteiger partial charge in [-0.2, -0.15) is 0 Å². The number of aromatic nitrogens is 1. The zero-order valence-electron chi connectivity index (χ0n) is 20.5. The molecule has 1 aliphatic rings. The molecule has 1 aliphatic heterocycles. The van der Waals surface area contributed by atoms with Crippen molar-refractivity contribution in [2.75, 3.05) is 38.0 Å². The minimum Gasteiger partial charge on any atom is -0.356 e. The van der Waals surface area contributed by atoms with Gasteiger partial charge in [-0.05, 0) is 49.6 Å². The highest BCUT2D eigenvalue weighted by atomic mass is 32.2. The van der Waals surface area contributed by atoms with Gasteiger partial charge in [-0.1, -0.05) is 12.1 Å². The van der Waals surface area contributed by atoms with Crippen LogP contribution >= 0.6 is 0 Å². The fourth-order valence-corrected chi connectivity index (χ4v) is 5.11. The first-order valence-electron chi connectivity index (χ1n) is 12.1. The first-order chi connectivity index (χ1) is 17.3. The quantitative estimate of drug-likeness (QED) is 0.181. The highest BCUT2D eigenvalue weighted by Crippen LogP contribution is 2.26. The summed E-state index contributed by atoms with van der Waals surface area (Å²) >= 11 is 0. The minimum atomic E-state index is -3.62. The lowest BCUT2D eigenvalue weighted by Gasteiger charge is -2.23. The zero-order chi connectivity index (χ0) is 26.0. The molecule has 12 heteroatoms. The van der Waals surface area contributed by atoms with Crippen molar-refractivity contribution >= 4 is 33.9 Å². The molecule has 1 saturated heterocycles. The third-order valence-corrected chi connectivity index (χ3v) is 7.17. The van der Waals surface area contributed by atoms with Crippen LogP contribution < -0.4 is 26.4 Å². The Morgan fingerprint density at radius 3 is 2.69 bits per heavy atom. The molecule has 1 fully saturated rings. The third-order valence-electron chi connectivity index (χ3n) is 5.63. The number of anilines is 1. The molecule has 0 spiro atoms. The van der Waals surface area contributed by atoms with E-state index in [0.717, 1.165) is 24.9 Å². The van der Waals surface area contributed by atoms with E-state index in [-0.39, 0.29) is 22.8 Å². The van der Waals surface area contributed by atoms with E-state index in [1.807, 2.05) is 6.07 Å². The highest BCUT2D eigenvalue weighted by molar-refractivity contribution is 7.89. The molecule has 2 heterocycles. The number of H-pyrrole nitrogens is 1. The SMILES string of the molecule is CC(=O)Nc1[nH]c(-c2ccc(S(=O)(=O)N[C@@H]3CCCNC3)cc2)cc1C=NCCCNC(=O)CCN. The molecule has 0 radical (unpaired) electrons. The second-order valence-electron chi connectivity index (χ2n) is 8.66. The van der Waals surface area contributed by atoms with Crippen molar-refractivity contribution in [3.63, 3.8) is 0 Å². The van der Waals surface area contributed by atoms with E-state index in [1.165, 1.54) is 6.92 Å². The predicted molar refractivity (Wildman–Crippen MR) is 141 cm³/mol. The largest absolute Gasteiger partial charge is 0.356 e. The number of hydrogen-bond donors (Lipinski definition) is 6. The summed E-state index contributed by atoms with van der Waals surface area (Å²) in [5.41, 5.74) is 7.52. The third kappa shape index (κ3) is 8.26. The maximum absolute atomic E-state index is 12.8. The molecule has 7 N–H and O–H groups in total. The first-order valence-corrected chi connectivity index (χ1v) is 13.6. The standard InChI is InChI=1S/C24H35N7O4S/c1-17(32)29-24-19(15-26-12-3-13-28-23(33)9-10-25)14-22(30-24)18-5-7-21(8-6-18)36(34,35)31-20-4-2-11-27-16-20/h5-8,14-15,20,27,30-31H,2-4,9-13,16,25H2,1H3,(H,28,33)(H,29,32)/t20-/m1/s1. The van der Waals surface area contributed by atoms with Gasteiger partial charge in [0.15, 0.2) is 0 Å². The van der Waals surface area contributed by atoms with Gasteiger partial charge < -0.3 is 26.7 Å². The topological polar surface area (TPSA) is 171 Å². The molecular weight excluding hydrogens is 482 g/mol. The molecule has 196 valence electrons. The number of rotatable bonds is 12. The number of amides is 2. The Labute approximate surface area is 211 Å². The second kappa shape index (κ2) is 13.3. The predicted octanol–water partition coefficient (Wildman–Crippen LogP) is 0.944. The Kier molecular flexibility index (Phi) is 10.2. The molecule has 2 aromatic rings. The normalized spacial score (nSPS) is 16.2. The van der Waals surface area contributed by atoms with Crippen LogP contribution in [0, 0.1) is 0 Å². The maximum atomic E-state index is 12.8. The summed E-state index contributed by atoms with van der Waals surface area (Å²) in [6, 6.07) is 8.31. The molecule has 1 aromatic heterocycles.